The lowest BCUT2D eigenvalue weighted by atomic mass is 10.3. The first-order chi connectivity index (χ1) is 7.68. The number of carbonyl (C=O) groups excluding carboxylic acids is 1. The van der Waals surface area contributed by atoms with Crippen LogP contribution in [0.25, 0.3) is 0 Å². The van der Waals surface area contributed by atoms with E-state index in [9.17, 15) is 13.6 Å². The number of hydrogen-bond donors (Lipinski definition) is 2. The van der Waals surface area contributed by atoms with Gasteiger partial charge in [-0.15, -0.1) is 0 Å². The molecule has 0 bridgehead atoms. The molecule has 0 saturated heterocycles. The molecule has 2 N–H and O–H groups in total. The fraction of sp³-hybridized carbons (Fsp3) is 0.500. The molecule has 0 saturated carbocycles. The predicted molar refractivity (Wildman–Crippen MR) is 54.1 cm³/mol. The number of aromatic nitrogens is 1. The highest BCUT2D eigenvalue weighted by atomic mass is 19.3. The number of hydrogen-bond acceptors (Lipinski definition) is 2. The Morgan fingerprint density at radius 2 is 2.38 bits per heavy atom. The molecule has 1 rings (SSSR count). The second kappa shape index (κ2) is 6.95. The second-order valence-corrected chi connectivity index (χ2v) is 3.21. The summed E-state index contributed by atoms with van der Waals surface area (Å²) in [5.74, 6) is -0.213. The summed E-state index contributed by atoms with van der Waals surface area (Å²) in [5, 5.41) is 2.65. The van der Waals surface area contributed by atoms with Crippen LogP contribution in [0.4, 0.5) is 8.78 Å². The summed E-state index contributed by atoms with van der Waals surface area (Å²) in [6.45, 7) is -0.175. The standard InChI is InChI=1S/C10H14F2N2O2/c11-9(12)7-16-4-2-10(15)14-6-8-1-3-13-5-8/h1,3,5,9,13H,2,4,6-7H2,(H,14,15). The van der Waals surface area contributed by atoms with E-state index in [1.54, 1.807) is 12.4 Å². The van der Waals surface area contributed by atoms with Gasteiger partial charge in [0, 0.05) is 25.4 Å². The molecular weight excluding hydrogens is 218 g/mol. The van der Waals surface area contributed by atoms with Gasteiger partial charge in [-0.1, -0.05) is 0 Å². The average molecular weight is 232 g/mol. The molecule has 0 aliphatic rings. The molecular formula is C10H14F2N2O2. The monoisotopic (exact) mass is 232 g/mol. The van der Waals surface area contributed by atoms with Gasteiger partial charge >= 0.3 is 0 Å². The SMILES string of the molecule is O=C(CCOCC(F)F)NCc1cc[nH]c1. The summed E-state index contributed by atoms with van der Waals surface area (Å²) < 4.78 is 27.9. The topological polar surface area (TPSA) is 54.1 Å². The zero-order valence-electron chi connectivity index (χ0n) is 8.71. The molecule has 16 heavy (non-hydrogen) atoms. The summed E-state index contributed by atoms with van der Waals surface area (Å²) in [6.07, 6.45) is 1.14. The van der Waals surface area contributed by atoms with Crippen LogP contribution in [-0.2, 0) is 16.1 Å². The maximum absolute atomic E-state index is 11.7. The molecule has 1 amide bonds. The van der Waals surface area contributed by atoms with E-state index in [1.807, 2.05) is 6.07 Å². The Morgan fingerprint density at radius 3 is 3.00 bits per heavy atom. The van der Waals surface area contributed by atoms with Crippen molar-refractivity contribution in [1.29, 1.82) is 0 Å². The van der Waals surface area contributed by atoms with Crippen molar-refractivity contribution in [3.8, 4) is 0 Å². The Bertz CT molecular complexity index is 302. The molecule has 0 radical (unpaired) electrons. The predicted octanol–water partition coefficient (Wildman–Crippen LogP) is 1.30. The Kier molecular flexibility index (Phi) is 5.49. The molecule has 1 aromatic rings. The van der Waals surface area contributed by atoms with Gasteiger partial charge < -0.3 is 15.0 Å². The van der Waals surface area contributed by atoms with Gasteiger partial charge in [0.1, 0.15) is 6.61 Å². The first kappa shape index (κ1) is 12.6. The van der Waals surface area contributed by atoms with Gasteiger partial charge in [-0.25, -0.2) is 8.78 Å². The van der Waals surface area contributed by atoms with E-state index in [1.165, 1.54) is 0 Å². The second-order valence-electron chi connectivity index (χ2n) is 3.21. The third-order valence-electron chi connectivity index (χ3n) is 1.87. The summed E-state index contributed by atoms with van der Waals surface area (Å²) in [5.41, 5.74) is 0.960. The molecule has 0 atom stereocenters. The Hall–Kier alpha value is -1.43. The zero-order valence-corrected chi connectivity index (χ0v) is 8.71. The number of carbonyl (C=O) groups is 1. The van der Waals surface area contributed by atoms with Gasteiger partial charge in [-0.05, 0) is 11.6 Å². The number of amides is 1. The van der Waals surface area contributed by atoms with Gasteiger partial charge in [0.15, 0.2) is 0 Å². The van der Waals surface area contributed by atoms with Crippen molar-refractivity contribution in [2.45, 2.75) is 19.4 Å². The van der Waals surface area contributed by atoms with E-state index in [0.717, 1.165) is 5.56 Å². The number of aromatic amines is 1. The highest BCUT2D eigenvalue weighted by Gasteiger charge is 2.04. The Labute approximate surface area is 92.0 Å². The molecule has 0 unspecified atom stereocenters. The van der Waals surface area contributed by atoms with Crippen LogP contribution in [0.2, 0.25) is 0 Å². The minimum absolute atomic E-state index is 0.0172. The van der Waals surface area contributed by atoms with Crippen LogP contribution in [0, 0.1) is 0 Å². The molecule has 1 heterocycles. The molecule has 6 heteroatoms. The van der Waals surface area contributed by atoms with Crippen molar-refractivity contribution in [3.05, 3.63) is 24.0 Å². The van der Waals surface area contributed by atoms with E-state index >= 15 is 0 Å². The zero-order chi connectivity index (χ0) is 11.8. The minimum Gasteiger partial charge on any atom is -0.375 e. The lowest BCUT2D eigenvalue weighted by Crippen LogP contribution is -2.24. The largest absolute Gasteiger partial charge is 0.375 e. The molecule has 0 aliphatic carbocycles. The summed E-state index contributed by atoms with van der Waals surface area (Å²) >= 11 is 0. The van der Waals surface area contributed by atoms with Crippen molar-refractivity contribution in [2.75, 3.05) is 13.2 Å². The first-order valence-electron chi connectivity index (χ1n) is 4.92. The van der Waals surface area contributed by atoms with E-state index in [0.29, 0.717) is 6.54 Å². The van der Waals surface area contributed by atoms with E-state index in [4.69, 9.17) is 0 Å². The lowest BCUT2D eigenvalue weighted by Gasteiger charge is -2.04. The Morgan fingerprint density at radius 1 is 1.56 bits per heavy atom. The van der Waals surface area contributed by atoms with Crippen molar-refractivity contribution >= 4 is 5.91 Å². The molecule has 4 nitrogen and oxygen atoms in total. The third-order valence-corrected chi connectivity index (χ3v) is 1.87. The molecule has 1 aromatic heterocycles. The fourth-order valence-electron chi connectivity index (χ4n) is 1.09. The van der Waals surface area contributed by atoms with Crippen molar-refractivity contribution in [3.63, 3.8) is 0 Å². The number of rotatable bonds is 7. The molecule has 0 aliphatic heterocycles. The van der Waals surface area contributed by atoms with Crippen molar-refractivity contribution in [1.82, 2.24) is 10.3 Å². The number of nitrogens with one attached hydrogen (secondary N) is 2. The van der Waals surface area contributed by atoms with Crippen LogP contribution in [0.15, 0.2) is 18.5 Å². The van der Waals surface area contributed by atoms with Crippen LogP contribution in [0.5, 0.6) is 0 Å². The van der Waals surface area contributed by atoms with Crippen LogP contribution in [0.1, 0.15) is 12.0 Å². The number of alkyl halides is 2. The normalized spacial score (nSPS) is 10.7. The van der Waals surface area contributed by atoms with Crippen LogP contribution >= 0.6 is 0 Å². The van der Waals surface area contributed by atoms with Gasteiger partial charge in [-0.2, -0.15) is 0 Å². The maximum Gasteiger partial charge on any atom is 0.261 e. The molecule has 0 spiro atoms. The number of ether oxygens (including phenoxy) is 1. The molecule has 0 aromatic carbocycles. The smallest absolute Gasteiger partial charge is 0.261 e. The minimum atomic E-state index is -2.48. The van der Waals surface area contributed by atoms with Crippen LogP contribution in [0.3, 0.4) is 0 Å². The van der Waals surface area contributed by atoms with E-state index in [2.05, 4.69) is 15.0 Å². The molecule has 0 fully saturated rings. The highest BCUT2D eigenvalue weighted by molar-refractivity contribution is 5.75. The van der Waals surface area contributed by atoms with Gasteiger partial charge in [0.05, 0.1) is 6.61 Å². The summed E-state index contributed by atoms with van der Waals surface area (Å²) in [4.78, 5) is 14.1. The quantitative estimate of drug-likeness (QED) is 0.696. The van der Waals surface area contributed by atoms with Crippen LogP contribution < -0.4 is 5.32 Å². The van der Waals surface area contributed by atoms with Gasteiger partial charge in [0.2, 0.25) is 5.91 Å². The summed E-state index contributed by atoms with van der Waals surface area (Å²) in [7, 11) is 0. The highest BCUT2D eigenvalue weighted by Crippen LogP contribution is 1.96. The van der Waals surface area contributed by atoms with E-state index in [-0.39, 0.29) is 18.9 Å². The third kappa shape index (κ3) is 5.45. The van der Waals surface area contributed by atoms with Gasteiger partial charge in [-0.3, -0.25) is 4.79 Å². The number of halogens is 2. The lowest BCUT2D eigenvalue weighted by molar-refractivity contribution is -0.122. The van der Waals surface area contributed by atoms with Gasteiger partial charge in [0.25, 0.3) is 6.43 Å². The fourth-order valence-corrected chi connectivity index (χ4v) is 1.09. The van der Waals surface area contributed by atoms with Crippen molar-refractivity contribution < 1.29 is 18.3 Å². The number of H-pyrrole nitrogens is 1. The van der Waals surface area contributed by atoms with E-state index < -0.39 is 13.0 Å². The summed E-state index contributed by atoms with van der Waals surface area (Å²) in [6, 6.07) is 1.84. The maximum atomic E-state index is 11.7. The van der Waals surface area contributed by atoms with Crippen molar-refractivity contribution in [2.24, 2.45) is 0 Å². The average Bonchev–Trinajstić information content (AvgIpc) is 2.74. The van der Waals surface area contributed by atoms with Crippen LogP contribution in [-0.4, -0.2) is 30.5 Å². The Balaban J connectivity index is 2.03. The first-order valence-corrected chi connectivity index (χ1v) is 4.92. The molecule has 90 valence electrons.